The van der Waals surface area contributed by atoms with Gasteiger partial charge in [0.25, 0.3) is 0 Å². The van der Waals surface area contributed by atoms with Crippen LogP contribution >= 0.6 is 0 Å². The zero-order valence-electron chi connectivity index (χ0n) is 14.9. The molecule has 1 unspecified atom stereocenters. The highest BCUT2D eigenvalue weighted by molar-refractivity contribution is 5.83. The van der Waals surface area contributed by atoms with E-state index in [1.807, 2.05) is 0 Å². The summed E-state index contributed by atoms with van der Waals surface area (Å²) in [6, 6.07) is 5.50. The van der Waals surface area contributed by atoms with E-state index in [-0.39, 0.29) is 23.4 Å². The van der Waals surface area contributed by atoms with E-state index in [1.165, 1.54) is 12.1 Å². The number of carbonyl (C=O) groups excluding carboxylic acids is 1. The molecule has 140 valence electrons. The van der Waals surface area contributed by atoms with E-state index in [0.717, 1.165) is 13.1 Å². The van der Waals surface area contributed by atoms with E-state index in [2.05, 4.69) is 20.8 Å². The molecule has 0 spiro atoms. The molecular formula is C18H23FN4O3. The van der Waals surface area contributed by atoms with Crippen LogP contribution in [-0.4, -0.2) is 42.9 Å². The quantitative estimate of drug-likeness (QED) is 0.818. The third-order valence-corrected chi connectivity index (χ3v) is 4.71. The first-order valence-corrected chi connectivity index (χ1v) is 8.64. The second-order valence-electron chi connectivity index (χ2n) is 6.63. The fourth-order valence-electron chi connectivity index (χ4n) is 3.19. The summed E-state index contributed by atoms with van der Waals surface area (Å²) in [5.41, 5.74) is -0.0348. The zero-order chi connectivity index (χ0) is 18.6. The van der Waals surface area contributed by atoms with Gasteiger partial charge in [0.1, 0.15) is 11.9 Å². The number of hydrogen-bond donors (Lipinski definition) is 2. The summed E-state index contributed by atoms with van der Waals surface area (Å²) in [6.45, 7) is 3.69. The van der Waals surface area contributed by atoms with Gasteiger partial charge in [-0.15, -0.1) is 0 Å². The van der Waals surface area contributed by atoms with Gasteiger partial charge in [-0.05, 0) is 45.0 Å². The molecule has 1 aliphatic rings. The van der Waals surface area contributed by atoms with E-state index >= 15 is 0 Å². The average Bonchev–Trinajstić information content (AvgIpc) is 3.13. The molecule has 7 nitrogen and oxygen atoms in total. The number of piperidine rings is 1. The van der Waals surface area contributed by atoms with Crippen LogP contribution in [0.1, 0.15) is 31.7 Å². The molecule has 1 fully saturated rings. The number of amides is 1. The molecule has 26 heavy (non-hydrogen) atoms. The summed E-state index contributed by atoms with van der Waals surface area (Å²) in [5, 5.41) is 10.1. The lowest BCUT2D eigenvalue weighted by Gasteiger charge is -2.36. The molecule has 0 aliphatic carbocycles. The van der Waals surface area contributed by atoms with E-state index in [0.29, 0.717) is 25.0 Å². The maximum absolute atomic E-state index is 13.4. The van der Waals surface area contributed by atoms with Gasteiger partial charge in [0.15, 0.2) is 0 Å². The van der Waals surface area contributed by atoms with Gasteiger partial charge in [-0.2, -0.15) is 4.98 Å². The highest BCUT2D eigenvalue weighted by atomic mass is 19.1. The van der Waals surface area contributed by atoms with Crippen molar-refractivity contribution in [2.45, 2.75) is 25.8 Å². The van der Waals surface area contributed by atoms with E-state index < -0.39 is 11.5 Å². The van der Waals surface area contributed by atoms with E-state index in [9.17, 15) is 9.18 Å². The number of nitrogens with one attached hydrogen (secondary N) is 2. The maximum atomic E-state index is 13.4. The molecule has 8 heteroatoms. The van der Waals surface area contributed by atoms with Crippen molar-refractivity contribution in [3.63, 3.8) is 0 Å². The maximum Gasteiger partial charge on any atom is 0.249 e. The fraction of sp³-hybridized carbons (Fsp3) is 0.500. The van der Waals surface area contributed by atoms with E-state index in [1.54, 1.807) is 26.2 Å². The molecule has 2 aromatic rings. The van der Waals surface area contributed by atoms with Crippen molar-refractivity contribution < 1.29 is 18.4 Å². The van der Waals surface area contributed by atoms with Crippen LogP contribution in [0.5, 0.6) is 0 Å². The van der Waals surface area contributed by atoms with Crippen molar-refractivity contribution in [1.29, 1.82) is 0 Å². The molecule has 1 aromatic carbocycles. The molecule has 2 N–H and O–H groups in total. The van der Waals surface area contributed by atoms with Gasteiger partial charge < -0.3 is 19.9 Å². The van der Waals surface area contributed by atoms with Crippen LogP contribution in [0.3, 0.4) is 0 Å². The molecule has 3 rings (SSSR count). The molecule has 1 aromatic heterocycles. The standard InChI is InChI=1S/C18H23FN4O3/c1-12(21-17(24)18(11-25-2)6-8-20-9-7-18)16-22-15(23-26-16)13-4-3-5-14(19)10-13/h3-5,10,12,20H,6-9,11H2,1-2H3,(H,21,24). The summed E-state index contributed by atoms with van der Waals surface area (Å²) < 4.78 is 23.9. The number of carbonyl (C=O) groups is 1. The lowest BCUT2D eigenvalue weighted by Crippen LogP contribution is -2.50. The molecular weight excluding hydrogens is 339 g/mol. The Morgan fingerprint density at radius 2 is 2.23 bits per heavy atom. The van der Waals surface area contributed by atoms with Crippen LogP contribution in [0.4, 0.5) is 4.39 Å². The molecule has 1 amide bonds. The number of methoxy groups -OCH3 is 1. The molecule has 1 atom stereocenters. The minimum Gasteiger partial charge on any atom is -0.384 e. The first-order valence-electron chi connectivity index (χ1n) is 8.64. The van der Waals surface area contributed by atoms with Gasteiger partial charge in [0.05, 0.1) is 12.0 Å². The first kappa shape index (κ1) is 18.5. The molecule has 0 saturated carbocycles. The number of ether oxygens (including phenoxy) is 1. The van der Waals surface area contributed by atoms with Crippen LogP contribution in [0.15, 0.2) is 28.8 Å². The monoisotopic (exact) mass is 362 g/mol. The Morgan fingerprint density at radius 3 is 2.92 bits per heavy atom. The summed E-state index contributed by atoms with van der Waals surface area (Å²) in [4.78, 5) is 17.1. The molecule has 2 heterocycles. The van der Waals surface area contributed by atoms with Crippen molar-refractivity contribution in [3.8, 4) is 11.4 Å². The Hall–Kier alpha value is -2.32. The van der Waals surface area contributed by atoms with Gasteiger partial charge in [-0.25, -0.2) is 4.39 Å². The lowest BCUT2D eigenvalue weighted by molar-refractivity contribution is -0.137. The van der Waals surface area contributed by atoms with Gasteiger partial charge >= 0.3 is 0 Å². The van der Waals surface area contributed by atoms with Crippen LogP contribution in [0.25, 0.3) is 11.4 Å². The minimum atomic E-state index is -0.556. The summed E-state index contributed by atoms with van der Waals surface area (Å²) in [7, 11) is 1.60. The average molecular weight is 362 g/mol. The number of aromatic nitrogens is 2. The van der Waals surface area contributed by atoms with Crippen molar-refractivity contribution in [3.05, 3.63) is 36.0 Å². The first-order chi connectivity index (χ1) is 12.5. The molecule has 0 bridgehead atoms. The third kappa shape index (κ3) is 3.91. The van der Waals surface area contributed by atoms with Gasteiger partial charge in [0, 0.05) is 12.7 Å². The predicted molar refractivity (Wildman–Crippen MR) is 92.7 cm³/mol. The van der Waals surface area contributed by atoms with Crippen molar-refractivity contribution in [1.82, 2.24) is 20.8 Å². The molecule has 1 aliphatic heterocycles. The minimum absolute atomic E-state index is 0.0844. The summed E-state index contributed by atoms with van der Waals surface area (Å²) in [5.74, 6) is 0.106. The lowest BCUT2D eigenvalue weighted by atomic mass is 9.78. The van der Waals surface area contributed by atoms with Crippen molar-refractivity contribution >= 4 is 5.91 Å². The van der Waals surface area contributed by atoms with Gasteiger partial charge in [-0.1, -0.05) is 17.3 Å². The zero-order valence-corrected chi connectivity index (χ0v) is 14.9. The topological polar surface area (TPSA) is 89.3 Å². The smallest absolute Gasteiger partial charge is 0.249 e. The number of rotatable bonds is 6. The van der Waals surface area contributed by atoms with Crippen LogP contribution in [0.2, 0.25) is 0 Å². The molecule has 1 saturated heterocycles. The van der Waals surface area contributed by atoms with Crippen molar-refractivity contribution in [2.24, 2.45) is 5.41 Å². The largest absolute Gasteiger partial charge is 0.384 e. The second-order valence-corrected chi connectivity index (χ2v) is 6.63. The Bertz CT molecular complexity index is 753. The normalized spacial score (nSPS) is 17.7. The van der Waals surface area contributed by atoms with E-state index in [4.69, 9.17) is 9.26 Å². The van der Waals surface area contributed by atoms with Crippen molar-refractivity contribution in [2.75, 3.05) is 26.8 Å². The summed E-state index contributed by atoms with van der Waals surface area (Å²) in [6.07, 6.45) is 1.41. The van der Waals surface area contributed by atoms with Crippen LogP contribution < -0.4 is 10.6 Å². The fourth-order valence-corrected chi connectivity index (χ4v) is 3.19. The van der Waals surface area contributed by atoms with Crippen LogP contribution in [0, 0.1) is 11.2 Å². The van der Waals surface area contributed by atoms with Gasteiger partial charge in [-0.3, -0.25) is 4.79 Å². The summed E-state index contributed by atoms with van der Waals surface area (Å²) >= 11 is 0. The van der Waals surface area contributed by atoms with Gasteiger partial charge in [0.2, 0.25) is 17.6 Å². The number of nitrogens with zero attached hydrogens (tertiary/aromatic N) is 2. The number of hydrogen-bond acceptors (Lipinski definition) is 6. The number of halogens is 1. The Morgan fingerprint density at radius 1 is 1.46 bits per heavy atom. The SMILES string of the molecule is COCC1(C(=O)NC(C)c2nc(-c3cccc(F)c3)no2)CCNCC1. The highest BCUT2D eigenvalue weighted by Crippen LogP contribution is 2.30. The number of benzene rings is 1. The second kappa shape index (κ2) is 7.92. The Labute approximate surface area is 151 Å². The Kier molecular flexibility index (Phi) is 5.63. The molecule has 0 radical (unpaired) electrons. The van der Waals surface area contributed by atoms with Crippen LogP contribution in [-0.2, 0) is 9.53 Å². The third-order valence-electron chi connectivity index (χ3n) is 4.71. The Balaban J connectivity index is 1.71. The highest BCUT2D eigenvalue weighted by Gasteiger charge is 2.40. The predicted octanol–water partition coefficient (Wildman–Crippen LogP) is 2.07.